The molecule has 0 aliphatic carbocycles. The summed E-state index contributed by atoms with van der Waals surface area (Å²) in [5.74, 6) is 0. The Bertz CT molecular complexity index is 342. The molecule has 0 aliphatic heterocycles. The van der Waals surface area contributed by atoms with Crippen LogP contribution in [-0.4, -0.2) is 6.29 Å². The van der Waals surface area contributed by atoms with Crippen LogP contribution in [0.15, 0.2) is 6.07 Å². The highest BCUT2D eigenvalue weighted by molar-refractivity contribution is 5.81. The van der Waals surface area contributed by atoms with E-state index < -0.39 is 0 Å². The first-order valence-electron chi connectivity index (χ1n) is 4.45. The lowest BCUT2D eigenvalue weighted by Crippen LogP contribution is -2.02. The van der Waals surface area contributed by atoms with Gasteiger partial charge in [-0.25, -0.2) is 0 Å². The molecule has 0 fully saturated rings. The topological polar surface area (TPSA) is 43.1 Å². The molecule has 70 valence electrons. The molecule has 1 aromatic rings. The molecule has 0 radical (unpaired) electrons. The molecule has 0 aromatic heterocycles. The second-order valence-electron chi connectivity index (χ2n) is 3.27. The van der Waals surface area contributed by atoms with Crippen molar-refractivity contribution in [1.82, 2.24) is 0 Å². The number of hydrogen-bond donors (Lipinski definition) is 1. The Morgan fingerprint density at radius 3 is 2.54 bits per heavy atom. The zero-order valence-electron chi connectivity index (χ0n) is 8.35. The van der Waals surface area contributed by atoms with E-state index in [4.69, 9.17) is 5.73 Å². The standard InChI is InChI=1S/C11H15NO/c1-4-10-7(2)5-9(6-13)8(3)11(10)12/h5-6H,4,12H2,1-3H3. The largest absolute Gasteiger partial charge is 0.398 e. The highest BCUT2D eigenvalue weighted by Gasteiger charge is 2.08. The number of aldehydes is 1. The van der Waals surface area contributed by atoms with Crippen LogP contribution in [0.3, 0.4) is 0 Å². The SMILES string of the molecule is CCc1c(C)cc(C=O)c(C)c1N. The third kappa shape index (κ3) is 1.57. The molecule has 0 bridgehead atoms. The quantitative estimate of drug-likeness (QED) is 0.556. The molecule has 0 heterocycles. The summed E-state index contributed by atoms with van der Waals surface area (Å²) in [7, 11) is 0. The molecule has 0 amide bonds. The molecular weight excluding hydrogens is 162 g/mol. The third-order valence-electron chi connectivity index (χ3n) is 2.49. The van der Waals surface area contributed by atoms with Gasteiger partial charge in [0.15, 0.2) is 0 Å². The number of carbonyl (C=O) groups is 1. The van der Waals surface area contributed by atoms with Crippen molar-refractivity contribution in [2.45, 2.75) is 27.2 Å². The fourth-order valence-electron chi connectivity index (χ4n) is 1.61. The summed E-state index contributed by atoms with van der Waals surface area (Å²) in [5, 5.41) is 0. The fourth-order valence-corrected chi connectivity index (χ4v) is 1.61. The van der Waals surface area contributed by atoms with Gasteiger partial charge >= 0.3 is 0 Å². The van der Waals surface area contributed by atoms with Crippen LogP contribution in [0.2, 0.25) is 0 Å². The highest BCUT2D eigenvalue weighted by atomic mass is 16.1. The van der Waals surface area contributed by atoms with Crippen LogP contribution in [-0.2, 0) is 6.42 Å². The maximum atomic E-state index is 10.7. The van der Waals surface area contributed by atoms with Crippen LogP contribution in [0.5, 0.6) is 0 Å². The lowest BCUT2D eigenvalue weighted by Gasteiger charge is -2.11. The van der Waals surface area contributed by atoms with Gasteiger partial charge in [-0.2, -0.15) is 0 Å². The highest BCUT2D eigenvalue weighted by Crippen LogP contribution is 2.24. The minimum atomic E-state index is 0.701. The van der Waals surface area contributed by atoms with Crippen LogP contribution in [0, 0.1) is 13.8 Å². The van der Waals surface area contributed by atoms with Crippen LogP contribution in [0.1, 0.15) is 34.0 Å². The lowest BCUT2D eigenvalue weighted by molar-refractivity contribution is 0.112. The van der Waals surface area contributed by atoms with Crippen molar-refractivity contribution in [2.24, 2.45) is 0 Å². The van der Waals surface area contributed by atoms with Gasteiger partial charge in [-0.3, -0.25) is 4.79 Å². The molecule has 0 aliphatic rings. The van der Waals surface area contributed by atoms with E-state index in [0.717, 1.165) is 35.1 Å². The second-order valence-corrected chi connectivity index (χ2v) is 3.27. The molecular formula is C11H15NO. The summed E-state index contributed by atoms with van der Waals surface area (Å²) >= 11 is 0. The normalized spacial score (nSPS) is 10.1. The van der Waals surface area contributed by atoms with E-state index >= 15 is 0 Å². The smallest absolute Gasteiger partial charge is 0.150 e. The number of anilines is 1. The van der Waals surface area contributed by atoms with Crippen LogP contribution in [0.4, 0.5) is 5.69 Å². The van der Waals surface area contributed by atoms with Gasteiger partial charge in [0.05, 0.1) is 0 Å². The first-order valence-corrected chi connectivity index (χ1v) is 4.45. The molecule has 2 heteroatoms. The van der Waals surface area contributed by atoms with Crippen LogP contribution >= 0.6 is 0 Å². The Labute approximate surface area is 78.8 Å². The van der Waals surface area contributed by atoms with E-state index in [0.29, 0.717) is 5.56 Å². The predicted octanol–water partition coefficient (Wildman–Crippen LogP) is 2.26. The average molecular weight is 177 g/mol. The van der Waals surface area contributed by atoms with E-state index in [2.05, 4.69) is 6.92 Å². The Kier molecular flexibility index (Phi) is 2.71. The Morgan fingerprint density at radius 1 is 1.46 bits per heavy atom. The van der Waals surface area contributed by atoms with Crippen molar-refractivity contribution in [3.63, 3.8) is 0 Å². The van der Waals surface area contributed by atoms with Gasteiger partial charge in [0.2, 0.25) is 0 Å². The summed E-state index contributed by atoms with van der Waals surface area (Å²) in [6.07, 6.45) is 1.77. The van der Waals surface area contributed by atoms with Gasteiger partial charge in [-0.05, 0) is 43.0 Å². The fraction of sp³-hybridized carbons (Fsp3) is 0.364. The minimum Gasteiger partial charge on any atom is -0.398 e. The summed E-state index contributed by atoms with van der Waals surface area (Å²) < 4.78 is 0. The van der Waals surface area contributed by atoms with Crippen molar-refractivity contribution in [1.29, 1.82) is 0 Å². The van der Waals surface area contributed by atoms with Crippen molar-refractivity contribution in [3.8, 4) is 0 Å². The number of aryl methyl sites for hydroxylation is 1. The third-order valence-corrected chi connectivity index (χ3v) is 2.49. The molecule has 0 saturated heterocycles. The van der Waals surface area contributed by atoms with Crippen molar-refractivity contribution in [2.75, 3.05) is 5.73 Å². The Balaban J connectivity index is 3.45. The van der Waals surface area contributed by atoms with E-state index in [1.54, 1.807) is 0 Å². The van der Waals surface area contributed by atoms with Crippen molar-refractivity contribution >= 4 is 12.0 Å². The molecule has 1 rings (SSSR count). The first-order chi connectivity index (χ1) is 6.11. The van der Waals surface area contributed by atoms with Gasteiger partial charge in [0.1, 0.15) is 6.29 Å². The van der Waals surface area contributed by atoms with Crippen molar-refractivity contribution < 1.29 is 4.79 Å². The Morgan fingerprint density at radius 2 is 2.08 bits per heavy atom. The number of rotatable bonds is 2. The molecule has 0 spiro atoms. The van der Waals surface area contributed by atoms with E-state index in [1.807, 2.05) is 19.9 Å². The zero-order chi connectivity index (χ0) is 10.0. The minimum absolute atomic E-state index is 0.701. The number of carbonyl (C=O) groups excluding carboxylic acids is 1. The monoisotopic (exact) mass is 177 g/mol. The Hall–Kier alpha value is -1.31. The van der Waals surface area contributed by atoms with Gasteiger partial charge in [-0.15, -0.1) is 0 Å². The van der Waals surface area contributed by atoms with Gasteiger partial charge in [-0.1, -0.05) is 6.92 Å². The van der Waals surface area contributed by atoms with Crippen LogP contribution < -0.4 is 5.73 Å². The molecule has 1 aromatic carbocycles. The van der Waals surface area contributed by atoms with Crippen LogP contribution in [0.25, 0.3) is 0 Å². The van der Waals surface area contributed by atoms with Gasteiger partial charge in [0.25, 0.3) is 0 Å². The number of nitrogens with two attached hydrogens (primary N) is 1. The first kappa shape index (κ1) is 9.78. The van der Waals surface area contributed by atoms with E-state index in [1.165, 1.54) is 0 Å². The van der Waals surface area contributed by atoms with E-state index in [9.17, 15) is 4.79 Å². The zero-order valence-corrected chi connectivity index (χ0v) is 8.35. The summed E-state index contributed by atoms with van der Waals surface area (Å²) in [6.45, 7) is 5.94. The predicted molar refractivity (Wildman–Crippen MR) is 55.1 cm³/mol. The van der Waals surface area contributed by atoms with Gasteiger partial charge < -0.3 is 5.73 Å². The van der Waals surface area contributed by atoms with Gasteiger partial charge in [0, 0.05) is 11.3 Å². The average Bonchev–Trinajstić information content (AvgIpc) is 2.12. The number of benzene rings is 1. The number of hydrogen-bond acceptors (Lipinski definition) is 2. The summed E-state index contributed by atoms with van der Waals surface area (Å²) in [4.78, 5) is 10.7. The molecule has 0 saturated carbocycles. The molecule has 13 heavy (non-hydrogen) atoms. The molecule has 2 N–H and O–H groups in total. The molecule has 0 atom stereocenters. The summed E-state index contributed by atoms with van der Waals surface area (Å²) in [5.41, 5.74) is 10.5. The lowest BCUT2D eigenvalue weighted by atomic mass is 9.96. The summed E-state index contributed by atoms with van der Waals surface area (Å²) in [6, 6.07) is 1.90. The molecule has 0 unspecified atom stereocenters. The van der Waals surface area contributed by atoms with E-state index in [-0.39, 0.29) is 0 Å². The van der Waals surface area contributed by atoms with Crippen molar-refractivity contribution in [3.05, 3.63) is 28.3 Å². The number of nitrogen functional groups attached to an aromatic ring is 1. The second kappa shape index (κ2) is 3.60. The molecule has 2 nitrogen and oxygen atoms in total. The maximum absolute atomic E-state index is 10.7. The maximum Gasteiger partial charge on any atom is 0.150 e.